The second kappa shape index (κ2) is 6.97. The van der Waals surface area contributed by atoms with Crippen molar-refractivity contribution in [3.05, 3.63) is 40.3 Å². The predicted molar refractivity (Wildman–Crippen MR) is 67.9 cm³/mol. The van der Waals surface area contributed by atoms with E-state index in [1.54, 1.807) is 0 Å². The molecule has 0 aromatic heterocycles. The molecule has 0 radical (unpaired) electrons. The molecule has 0 nitrogen and oxygen atoms in total. The smallest absolute Gasteiger partial charge is 0.0406 e. The molecule has 76 valence electrons. The summed E-state index contributed by atoms with van der Waals surface area (Å²) in [5, 5.41) is 2.94. The normalized spacial score (nSPS) is 11.0. The second-order valence-corrected chi connectivity index (χ2v) is 4.53. The molecule has 2 heteroatoms. The van der Waals surface area contributed by atoms with Crippen molar-refractivity contribution in [2.24, 2.45) is 0 Å². The first-order valence-electron chi connectivity index (χ1n) is 4.86. The van der Waals surface area contributed by atoms with Crippen LogP contribution in [0.3, 0.4) is 0 Å². The number of rotatable bonds is 5. The van der Waals surface area contributed by atoms with Gasteiger partial charge in [-0.3, -0.25) is 0 Å². The summed E-state index contributed by atoms with van der Waals surface area (Å²) < 4.78 is 0. The van der Waals surface area contributed by atoms with E-state index in [0.717, 1.165) is 5.02 Å². The SMILES string of the molecule is CCCCS/C=C/c1ccc(Cl)cc1. The van der Waals surface area contributed by atoms with Gasteiger partial charge in [0.15, 0.2) is 0 Å². The van der Waals surface area contributed by atoms with E-state index < -0.39 is 0 Å². The molecule has 0 amide bonds. The number of unbranched alkanes of at least 4 members (excludes halogenated alkanes) is 1. The van der Waals surface area contributed by atoms with Crippen LogP contribution in [-0.4, -0.2) is 5.75 Å². The van der Waals surface area contributed by atoms with Gasteiger partial charge in [-0.25, -0.2) is 0 Å². The zero-order chi connectivity index (χ0) is 10.2. The number of hydrogen-bond donors (Lipinski definition) is 0. The van der Waals surface area contributed by atoms with Crippen molar-refractivity contribution in [2.75, 3.05) is 5.75 Å². The molecule has 0 atom stereocenters. The van der Waals surface area contributed by atoms with E-state index in [0.29, 0.717) is 0 Å². The highest BCUT2D eigenvalue weighted by Crippen LogP contribution is 2.13. The fourth-order valence-corrected chi connectivity index (χ4v) is 1.97. The average molecular weight is 227 g/mol. The highest BCUT2D eigenvalue weighted by atomic mass is 35.5. The van der Waals surface area contributed by atoms with Crippen LogP contribution in [0.5, 0.6) is 0 Å². The van der Waals surface area contributed by atoms with E-state index in [2.05, 4.69) is 18.4 Å². The van der Waals surface area contributed by atoms with Crippen LogP contribution in [0.1, 0.15) is 25.3 Å². The molecule has 0 aliphatic heterocycles. The standard InChI is InChI=1S/C12H15ClS/c1-2-3-9-14-10-8-11-4-6-12(13)7-5-11/h4-8,10H,2-3,9H2,1H3/b10-8+. The molecule has 0 aliphatic rings. The van der Waals surface area contributed by atoms with E-state index in [-0.39, 0.29) is 0 Å². The van der Waals surface area contributed by atoms with Crippen molar-refractivity contribution in [3.63, 3.8) is 0 Å². The van der Waals surface area contributed by atoms with E-state index in [9.17, 15) is 0 Å². The zero-order valence-electron chi connectivity index (χ0n) is 8.37. The van der Waals surface area contributed by atoms with Crippen molar-refractivity contribution in [2.45, 2.75) is 19.8 Å². The van der Waals surface area contributed by atoms with Gasteiger partial charge in [0.2, 0.25) is 0 Å². The summed E-state index contributed by atoms with van der Waals surface area (Å²) in [6.07, 6.45) is 4.67. The quantitative estimate of drug-likeness (QED) is 0.648. The molecule has 0 bridgehead atoms. The fraction of sp³-hybridized carbons (Fsp3) is 0.333. The van der Waals surface area contributed by atoms with Gasteiger partial charge in [-0.15, -0.1) is 11.8 Å². The molecule has 1 rings (SSSR count). The number of benzene rings is 1. The van der Waals surface area contributed by atoms with Crippen LogP contribution < -0.4 is 0 Å². The molecule has 0 N–H and O–H groups in total. The summed E-state index contributed by atoms with van der Waals surface area (Å²) in [6, 6.07) is 7.88. The van der Waals surface area contributed by atoms with Crippen LogP contribution in [0.2, 0.25) is 5.02 Å². The van der Waals surface area contributed by atoms with E-state index in [1.807, 2.05) is 36.0 Å². The van der Waals surface area contributed by atoms with Gasteiger partial charge < -0.3 is 0 Å². The van der Waals surface area contributed by atoms with Crippen LogP contribution in [0.15, 0.2) is 29.7 Å². The minimum Gasteiger partial charge on any atom is -0.134 e. The lowest BCUT2D eigenvalue weighted by atomic mass is 10.2. The summed E-state index contributed by atoms with van der Waals surface area (Å²) in [5.41, 5.74) is 1.21. The molecular formula is C12H15ClS. The number of halogens is 1. The summed E-state index contributed by atoms with van der Waals surface area (Å²) in [4.78, 5) is 0. The van der Waals surface area contributed by atoms with Gasteiger partial charge in [0.05, 0.1) is 0 Å². The predicted octanol–water partition coefficient (Wildman–Crippen LogP) is 4.84. The van der Waals surface area contributed by atoms with Crippen LogP contribution in [0.25, 0.3) is 6.08 Å². The average Bonchev–Trinajstić information content (AvgIpc) is 2.21. The third kappa shape index (κ3) is 4.73. The summed E-state index contributed by atoms with van der Waals surface area (Å²) in [6.45, 7) is 2.21. The highest BCUT2D eigenvalue weighted by molar-refractivity contribution is 8.02. The second-order valence-electron chi connectivity index (χ2n) is 3.08. The Balaban J connectivity index is 2.33. The maximum Gasteiger partial charge on any atom is 0.0406 e. The topological polar surface area (TPSA) is 0 Å². The third-order valence-corrected chi connectivity index (χ3v) is 2.95. The minimum atomic E-state index is 0.792. The number of thioether (sulfide) groups is 1. The lowest BCUT2D eigenvalue weighted by Gasteiger charge is -1.94. The molecule has 0 saturated heterocycles. The van der Waals surface area contributed by atoms with Crippen molar-refractivity contribution in [1.82, 2.24) is 0 Å². The van der Waals surface area contributed by atoms with Gasteiger partial charge in [-0.1, -0.05) is 37.1 Å². The lowest BCUT2D eigenvalue weighted by Crippen LogP contribution is -1.73. The van der Waals surface area contributed by atoms with Gasteiger partial charge in [0, 0.05) is 5.02 Å². The molecule has 14 heavy (non-hydrogen) atoms. The van der Waals surface area contributed by atoms with Crippen LogP contribution in [0, 0.1) is 0 Å². The van der Waals surface area contributed by atoms with Gasteiger partial charge in [-0.05, 0) is 41.4 Å². The van der Waals surface area contributed by atoms with Gasteiger partial charge in [0.25, 0.3) is 0 Å². The van der Waals surface area contributed by atoms with Gasteiger partial charge in [0.1, 0.15) is 0 Å². The maximum absolute atomic E-state index is 5.78. The van der Waals surface area contributed by atoms with Crippen molar-refractivity contribution < 1.29 is 0 Å². The molecule has 0 fully saturated rings. The molecular weight excluding hydrogens is 212 g/mol. The Morgan fingerprint density at radius 3 is 2.64 bits per heavy atom. The molecule has 0 aliphatic carbocycles. The van der Waals surface area contributed by atoms with Crippen LogP contribution >= 0.6 is 23.4 Å². The molecule has 0 heterocycles. The van der Waals surface area contributed by atoms with E-state index in [4.69, 9.17) is 11.6 Å². The Bertz CT molecular complexity index is 277. The van der Waals surface area contributed by atoms with E-state index in [1.165, 1.54) is 24.2 Å². The Hall–Kier alpha value is -0.400. The molecule has 1 aromatic rings. The molecule has 0 unspecified atom stereocenters. The van der Waals surface area contributed by atoms with Gasteiger partial charge >= 0.3 is 0 Å². The minimum absolute atomic E-state index is 0.792. The van der Waals surface area contributed by atoms with Crippen molar-refractivity contribution in [1.29, 1.82) is 0 Å². The van der Waals surface area contributed by atoms with Gasteiger partial charge in [-0.2, -0.15) is 0 Å². The first kappa shape index (κ1) is 11.7. The Labute approximate surface area is 95.4 Å². The highest BCUT2D eigenvalue weighted by Gasteiger charge is 1.87. The summed E-state index contributed by atoms with van der Waals surface area (Å²) in [5.74, 6) is 1.21. The Kier molecular flexibility index (Phi) is 5.81. The van der Waals surface area contributed by atoms with Crippen LogP contribution in [-0.2, 0) is 0 Å². The molecule has 1 aromatic carbocycles. The van der Waals surface area contributed by atoms with E-state index >= 15 is 0 Å². The monoisotopic (exact) mass is 226 g/mol. The van der Waals surface area contributed by atoms with Crippen molar-refractivity contribution in [3.8, 4) is 0 Å². The summed E-state index contributed by atoms with van der Waals surface area (Å²) >= 11 is 7.65. The largest absolute Gasteiger partial charge is 0.134 e. The Morgan fingerprint density at radius 1 is 1.29 bits per heavy atom. The van der Waals surface area contributed by atoms with Crippen molar-refractivity contribution >= 4 is 29.4 Å². The first-order valence-corrected chi connectivity index (χ1v) is 6.29. The number of hydrogen-bond acceptors (Lipinski definition) is 1. The molecule has 0 saturated carbocycles. The fourth-order valence-electron chi connectivity index (χ4n) is 0.996. The maximum atomic E-state index is 5.78. The Morgan fingerprint density at radius 2 is 2.00 bits per heavy atom. The lowest BCUT2D eigenvalue weighted by molar-refractivity contribution is 0.898. The summed E-state index contributed by atoms with van der Waals surface area (Å²) in [7, 11) is 0. The molecule has 0 spiro atoms. The van der Waals surface area contributed by atoms with Crippen LogP contribution in [0.4, 0.5) is 0 Å². The third-order valence-electron chi connectivity index (χ3n) is 1.84. The first-order chi connectivity index (χ1) is 6.83. The zero-order valence-corrected chi connectivity index (χ0v) is 9.94.